The lowest BCUT2D eigenvalue weighted by Crippen LogP contribution is -2.12. The topological polar surface area (TPSA) is 52.6 Å². The maximum atomic E-state index is 12.3. The van der Waals surface area contributed by atoms with Gasteiger partial charge < -0.3 is 9.47 Å². The van der Waals surface area contributed by atoms with E-state index in [0.717, 1.165) is 5.56 Å². The van der Waals surface area contributed by atoms with Crippen LogP contribution in [0.25, 0.3) is 0 Å². The SMILES string of the molecule is CCOC(=O)c1cccc(C(=O)OC(CC)c2ccccc2)c1. The van der Waals surface area contributed by atoms with Gasteiger partial charge in [-0.25, -0.2) is 9.59 Å². The van der Waals surface area contributed by atoms with Crippen molar-refractivity contribution in [1.29, 1.82) is 0 Å². The molecule has 0 aliphatic carbocycles. The Hall–Kier alpha value is -2.62. The third kappa shape index (κ3) is 4.42. The van der Waals surface area contributed by atoms with E-state index in [2.05, 4.69) is 0 Å². The second-order valence-electron chi connectivity index (χ2n) is 5.01. The minimum absolute atomic E-state index is 0.291. The molecule has 0 aliphatic heterocycles. The molecule has 0 fully saturated rings. The number of carbonyl (C=O) groups is 2. The summed E-state index contributed by atoms with van der Waals surface area (Å²) in [6.45, 7) is 3.99. The van der Waals surface area contributed by atoms with Crippen LogP contribution in [0.2, 0.25) is 0 Å². The van der Waals surface area contributed by atoms with Gasteiger partial charge in [-0.1, -0.05) is 43.3 Å². The first-order valence-electron chi connectivity index (χ1n) is 7.68. The van der Waals surface area contributed by atoms with Crippen molar-refractivity contribution in [2.45, 2.75) is 26.4 Å². The van der Waals surface area contributed by atoms with Crippen molar-refractivity contribution in [2.24, 2.45) is 0 Å². The number of carbonyl (C=O) groups excluding carboxylic acids is 2. The largest absolute Gasteiger partial charge is 0.462 e. The van der Waals surface area contributed by atoms with Gasteiger partial charge in [0.1, 0.15) is 6.10 Å². The standard InChI is InChI=1S/C19H20O4/c1-3-17(14-9-6-5-7-10-14)23-19(21)16-12-8-11-15(13-16)18(20)22-4-2/h5-13,17H,3-4H2,1-2H3. The van der Waals surface area contributed by atoms with Crippen molar-refractivity contribution >= 4 is 11.9 Å². The summed E-state index contributed by atoms with van der Waals surface area (Å²) in [7, 11) is 0. The van der Waals surface area contributed by atoms with Gasteiger partial charge in [0.25, 0.3) is 0 Å². The molecule has 4 heteroatoms. The second kappa shape index (κ2) is 8.13. The number of benzene rings is 2. The van der Waals surface area contributed by atoms with Crippen molar-refractivity contribution in [3.63, 3.8) is 0 Å². The molecule has 2 rings (SSSR count). The van der Waals surface area contributed by atoms with Gasteiger partial charge in [0.05, 0.1) is 17.7 Å². The number of ether oxygens (including phenoxy) is 2. The Labute approximate surface area is 136 Å². The minimum Gasteiger partial charge on any atom is -0.462 e. The van der Waals surface area contributed by atoms with Gasteiger partial charge in [0.15, 0.2) is 0 Å². The Bertz CT molecular complexity index is 664. The summed E-state index contributed by atoms with van der Waals surface area (Å²) in [5, 5.41) is 0. The predicted octanol–water partition coefficient (Wildman–Crippen LogP) is 4.17. The smallest absolute Gasteiger partial charge is 0.338 e. The Morgan fingerprint density at radius 3 is 2.17 bits per heavy atom. The molecule has 0 spiro atoms. The van der Waals surface area contributed by atoms with Crippen molar-refractivity contribution in [3.05, 3.63) is 71.3 Å². The molecule has 0 radical (unpaired) electrons. The molecule has 0 amide bonds. The lowest BCUT2D eigenvalue weighted by molar-refractivity contribution is 0.0288. The number of rotatable bonds is 6. The highest BCUT2D eigenvalue weighted by atomic mass is 16.5. The van der Waals surface area contributed by atoms with Crippen LogP contribution in [0.15, 0.2) is 54.6 Å². The summed E-state index contributed by atoms with van der Waals surface area (Å²) in [5.41, 5.74) is 1.63. The lowest BCUT2D eigenvalue weighted by atomic mass is 10.1. The van der Waals surface area contributed by atoms with Gasteiger partial charge in [-0.05, 0) is 37.1 Å². The van der Waals surface area contributed by atoms with Gasteiger partial charge in [-0.3, -0.25) is 0 Å². The van der Waals surface area contributed by atoms with E-state index >= 15 is 0 Å². The highest BCUT2D eigenvalue weighted by Crippen LogP contribution is 2.22. The van der Waals surface area contributed by atoms with Crippen LogP contribution in [0.5, 0.6) is 0 Å². The Balaban J connectivity index is 2.14. The fraction of sp³-hybridized carbons (Fsp3) is 0.263. The first-order valence-corrected chi connectivity index (χ1v) is 7.68. The lowest BCUT2D eigenvalue weighted by Gasteiger charge is -2.16. The van der Waals surface area contributed by atoms with Gasteiger partial charge in [0, 0.05) is 0 Å². The first-order chi connectivity index (χ1) is 11.2. The fourth-order valence-corrected chi connectivity index (χ4v) is 2.24. The summed E-state index contributed by atoms with van der Waals surface area (Å²) >= 11 is 0. The molecule has 1 atom stereocenters. The van der Waals surface area contributed by atoms with Crippen LogP contribution in [0.1, 0.15) is 52.7 Å². The van der Waals surface area contributed by atoms with Crippen LogP contribution in [-0.2, 0) is 9.47 Å². The van der Waals surface area contributed by atoms with E-state index in [1.807, 2.05) is 37.3 Å². The molecule has 0 aliphatic rings. The van der Waals surface area contributed by atoms with E-state index in [9.17, 15) is 9.59 Å². The van der Waals surface area contributed by atoms with E-state index in [1.165, 1.54) is 6.07 Å². The van der Waals surface area contributed by atoms with Crippen LogP contribution in [0.3, 0.4) is 0 Å². The molecular formula is C19H20O4. The fourth-order valence-electron chi connectivity index (χ4n) is 2.24. The normalized spacial score (nSPS) is 11.6. The summed E-state index contributed by atoms with van der Waals surface area (Å²) < 4.78 is 10.5. The quantitative estimate of drug-likeness (QED) is 0.751. The molecule has 0 saturated carbocycles. The summed E-state index contributed by atoms with van der Waals surface area (Å²) in [5.74, 6) is -0.899. The van der Waals surface area contributed by atoms with Crippen molar-refractivity contribution in [1.82, 2.24) is 0 Å². The molecule has 0 N–H and O–H groups in total. The zero-order valence-electron chi connectivity index (χ0n) is 13.3. The van der Waals surface area contributed by atoms with Crippen molar-refractivity contribution in [3.8, 4) is 0 Å². The van der Waals surface area contributed by atoms with E-state index in [4.69, 9.17) is 9.47 Å². The van der Waals surface area contributed by atoms with E-state index in [1.54, 1.807) is 25.1 Å². The van der Waals surface area contributed by atoms with Crippen LogP contribution < -0.4 is 0 Å². The molecule has 23 heavy (non-hydrogen) atoms. The van der Waals surface area contributed by atoms with Crippen LogP contribution >= 0.6 is 0 Å². The highest BCUT2D eigenvalue weighted by molar-refractivity contribution is 5.95. The Morgan fingerprint density at radius 2 is 1.57 bits per heavy atom. The van der Waals surface area contributed by atoms with Gasteiger partial charge in [0.2, 0.25) is 0 Å². The number of hydrogen-bond donors (Lipinski definition) is 0. The van der Waals surface area contributed by atoms with Crippen LogP contribution in [0.4, 0.5) is 0 Å². The molecule has 2 aromatic rings. The van der Waals surface area contributed by atoms with E-state index in [0.29, 0.717) is 24.2 Å². The molecule has 2 aromatic carbocycles. The predicted molar refractivity (Wildman–Crippen MR) is 87.3 cm³/mol. The molecule has 120 valence electrons. The number of hydrogen-bond acceptors (Lipinski definition) is 4. The summed E-state index contributed by atoms with van der Waals surface area (Å²) in [6, 6.07) is 16.0. The molecule has 0 heterocycles. The molecule has 4 nitrogen and oxygen atoms in total. The third-order valence-electron chi connectivity index (χ3n) is 3.40. The molecule has 0 saturated heterocycles. The van der Waals surface area contributed by atoms with E-state index < -0.39 is 11.9 Å². The highest BCUT2D eigenvalue weighted by Gasteiger charge is 2.17. The van der Waals surface area contributed by atoms with Gasteiger partial charge in [-0.15, -0.1) is 0 Å². The average molecular weight is 312 g/mol. The van der Waals surface area contributed by atoms with Gasteiger partial charge >= 0.3 is 11.9 Å². The minimum atomic E-state index is -0.452. The second-order valence-corrected chi connectivity index (χ2v) is 5.01. The maximum Gasteiger partial charge on any atom is 0.338 e. The van der Waals surface area contributed by atoms with Crippen LogP contribution in [-0.4, -0.2) is 18.5 Å². The Morgan fingerprint density at radius 1 is 0.913 bits per heavy atom. The molecule has 0 aromatic heterocycles. The van der Waals surface area contributed by atoms with Crippen molar-refractivity contribution in [2.75, 3.05) is 6.61 Å². The zero-order chi connectivity index (χ0) is 16.7. The zero-order valence-corrected chi connectivity index (χ0v) is 13.3. The summed E-state index contributed by atoms with van der Waals surface area (Å²) in [6.07, 6.45) is 0.364. The van der Waals surface area contributed by atoms with E-state index in [-0.39, 0.29) is 6.10 Å². The molecule has 1 unspecified atom stereocenters. The monoisotopic (exact) mass is 312 g/mol. The first kappa shape index (κ1) is 16.7. The molecule has 0 bridgehead atoms. The molecular weight excluding hydrogens is 292 g/mol. The third-order valence-corrected chi connectivity index (χ3v) is 3.40. The maximum absolute atomic E-state index is 12.3. The summed E-state index contributed by atoms with van der Waals surface area (Å²) in [4.78, 5) is 24.1. The van der Waals surface area contributed by atoms with Crippen LogP contribution in [0, 0.1) is 0 Å². The van der Waals surface area contributed by atoms with Gasteiger partial charge in [-0.2, -0.15) is 0 Å². The number of esters is 2. The Kier molecular flexibility index (Phi) is 5.92. The average Bonchev–Trinajstić information content (AvgIpc) is 2.60. The van der Waals surface area contributed by atoms with Crippen molar-refractivity contribution < 1.29 is 19.1 Å².